The van der Waals surface area contributed by atoms with Crippen LogP contribution in [0.1, 0.15) is 21.8 Å². The van der Waals surface area contributed by atoms with E-state index in [0.717, 1.165) is 11.3 Å². The van der Waals surface area contributed by atoms with E-state index in [1.165, 1.54) is 0 Å². The van der Waals surface area contributed by atoms with Gasteiger partial charge in [0.2, 0.25) is 0 Å². The van der Waals surface area contributed by atoms with E-state index in [2.05, 4.69) is 0 Å². The first kappa shape index (κ1) is 11.8. The number of carboxylic acid groups (broad SMARTS) is 1. The number of aliphatic hydroxyl groups excluding tert-OH is 1. The molecular weight excluding hydrogens is 244 g/mol. The largest absolute Gasteiger partial charge is 0.478 e. The van der Waals surface area contributed by atoms with E-state index in [1.54, 1.807) is 39.8 Å². The summed E-state index contributed by atoms with van der Waals surface area (Å²) in [5.74, 6) is 0.420. The predicted octanol–water partition coefficient (Wildman–Crippen LogP) is 2.22. The molecule has 0 radical (unpaired) electrons. The van der Waals surface area contributed by atoms with Crippen molar-refractivity contribution in [3.63, 3.8) is 0 Å². The molecule has 5 heteroatoms. The van der Waals surface area contributed by atoms with Crippen LogP contribution in [0.15, 0.2) is 24.3 Å². The fourth-order valence-corrected chi connectivity index (χ4v) is 4.33. The molecule has 16 heavy (non-hydrogen) atoms. The van der Waals surface area contributed by atoms with Crippen LogP contribution in [0.3, 0.4) is 0 Å². The molecule has 1 aromatic carbocycles. The molecule has 2 N–H and O–H groups in total. The van der Waals surface area contributed by atoms with Crippen molar-refractivity contribution in [2.24, 2.45) is 0 Å². The number of hydrogen-bond donors (Lipinski definition) is 2. The van der Waals surface area contributed by atoms with Crippen LogP contribution < -0.4 is 0 Å². The number of carbonyl (C=O) groups is 1. The Bertz CT molecular complexity index is 395. The quantitative estimate of drug-likeness (QED) is 0.795. The highest BCUT2D eigenvalue weighted by atomic mass is 33.1. The van der Waals surface area contributed by atoms with Gasteiger partial charge in [0.15, 0.2) is 0 Å². The topological polar surface area (TPSA) is 57.5 Å². The molecule has 0 saturated carbocycles. The molecule has 3 nitrogen and oxygen atoms in total. The lowest BCUT2D eigenvalue weighted by Gasteiger charge is -2.27. The smallest absolute Gasteiger partial charge is 0.335 e. The van der Waals surface area contributed by atoms with Crippen molar-refractivity contribution in [3.8, 4) is 0 Å². The summed E-state index contributed by atoms with van der Waals surface area (Å²) in [7, 11) is 3.32. The van der Waals surface area contributed by atoms with Crippen molar-refractivity contribution < 1.29 is 15.0 Å². The molecule has 86 valence electrons. The molecule has 1 fully saturated rings. The molecule has 0 spiro atoms. The molecule has 1 heterocycles. The lowest BCUT2D eigenvalue weighted by Crippen LogP contribution is -2.27. The minimum Gasteiger partial charge on any atom is -0.478 e. The van der Waals surface area contributed by atoms with E-state index in [4.69, 9.17) is 5.11 Å². The Morgan fingerprint density at radius 3 is 2.62 bits per heavy atom. The molecule has 1 aromatic rings. The summed E-state index contributed by atoms with van der Waals surface area (Å²) in [6, 6.07) is 6.93. The Morgan fingerprint density at radius 1 is 1.25 bits per heavy atom. The van der Waals surface area contributed by atoms with Gasteiger partial charge in [-0.2, -0.15) is 0 Å². The van der Waals surface area contributed by atoms with Gasteiger partial charge in [-0.15, -0.1) is 0 Å². The minimum absolute atomic E-state index is 0.0708. The molecule has 2 atom stereocenters. The monoisotopic (exact) mass is 256 g/mol. The minimum atomic E-state index is -0.925. The highest BCUT2D eigenvalue weighted by Gasteiger charge is 2.28. The van der Waals surface area contributed by atoms with Gasteiger partial charge in [0.1, 0.15) is 0 Å². The Labute approximate surface area is 102 Å². The summed E-state index contributed by atoms with van der Waals surface area (Å²) in [5.41, 5.74) is 1.05. The highest BCUT2D eigenvalue weighted by Crippen LogP contribution is 2.39. The number of aliphatic hydroxyl groups is 1. The Hall–Kier alpha value is -0.650. The normalized spacial score (nSPS) is 25.3. The Kier molecular flexibility index (Phi) is 3.78. The number of aromatic carboxylic acids is 1. The van der Waals surface area contributed by atoms with Gasteiger partial charge in [0.05, 0.1) is 11.7 Å². The molecular formula is C11H12O3S2. The molecule has 1 saturated heterocycles. The molecule has 0 aromatic heterocycles. The number of benzene rings is 1. The molecule has 1 aliphatic rings. The fraction of sp³-hybridized carbons (Fsp3) is 0.364. The van der Waals surface area contributed by atoms with Gasteiger partial charge in [-0.3, -0.25) is 0 Å². The third-order valence-electron chi connectivity index (χ3n) is 2.62. The van der Waals surface area contributed by atoms with Crippen molar-refractivity contribution in [1.82, 2.24) is 0 Å². The van der Waals surface area contributed by atoms with Crippen molar-refractivity contribution in [1.29, 1.82) is 0 Å². The third-order valence-corrected chi connectivity index (χ3v) is 5.08. The zero-order valence-corrected chi connectivity index (χ0v) is 10.1. The lowest BCUT2D eigenvalue weighted by atomic mass is 9.91. The van der Waals surface area contributed by atoms with Crippen LogP contribution in [0, 0.1) is 0 Å². The van der Waals surface area contributed by atoms with Gasteiger partial charge in [-0.25, -0.2) is 4.79 Å². The summed E-state index contributed by atoms with van der Waals surface area (Å²) in [6.45, 7) is 0. The van der Waals surface area contributed by atoms with Gasteiger partial charge in [0.25, 0.3) is 0 Å². The Morgan fingerprint density at radius 2 is 1.94 bits per heavy atom. The lowest BCUT2D eigenvalue weighted by molar-refractivity contribution is 0.0694. The molecule has 2 rings (SSSR count). The maximum absolute atomic E-state index is 11.1. The molecule has 0 unspecified atom stereocenters. The number of hydrogen-bond acceptors (Lipinski definition) is 4. The average Bonchev–Trinajstić information content (AvgIpc) is 2.29. The first-order valence-electron chi connectivity index (χ1n) is 4.95. The fourth-order valence-electron chi connectivity index (χ4n) is 1.78. The summed E-state index contributed by atoms with van der Waals surface area (Å²) < 4.78 is 0. The summed E-state index contributed by atoms with van der Waals surface area (Å²) >= 11 is 0. The van der Waals surface area contributed by atoms with E-state index in [9.17, 15) is 9.90 Å². The number of rotatable bonds is 2. The van der Waals surface area contributed by atoms with Crippen LogP contribution in [-0.4, -0.2) is 33.8 Å². The predicted molar refractivity (Wildman–Crippen MR) is 67.1 cm³/mol. The van der Waals surface area contributed by atoms with Crippen LogP contribution in [0.25, 0.3) is 0 Å². The average molecular weight is 256 g/mol. The van der Waals surface area contributed by atoms with E-state index in [0.29, 0.717) is 11.3 Å². The first-order chi connectivity index (χ1) is 7.70. The van der Waals surface area contributed by atoms with Crippen molar-refractivity contribution in [2.75, 3.05) is 11.5 Å². The van der Waals surface area contributed by atoms with Gasteiger partial charge in [0, 0.05) is 17.4 Å². The van der Waals surface area contributed by atoms with Crippen LogP contribution in [-0.2, 0) is 0 Å². The summed E-state index contributed by atoms with van der Waals surface area (Å²) in [5, 5.41) is 19.0. The van der Waals surface area contributed by atoms with E-state index >= 15 is 0 Å². The second-order valence-corrected chi connectivity index (χ2v) is 6.19. The van der Waals surface area contributed by atoms with E-state index < -0.39 is 12.1 Å². The second-order valence-electron chi connectivity index (χ2n) is 3.64. The maximum Gasteiger partial charge on any atom is 0.335 e. The zero-order chi connectivity index (χ0) is 11.5. The standard InChI is InChI=1S/C11H12O3S2/c12-10-6-16-15-5-9(10)7-3-1-2-4-8(7)11(13)14/h1-4,9-10,12H,5-6H2,(H,13,14)/t9-,10+/m0/s1. The first-order valence-corrected chi connectivity index (χ1v) is 7.43. The van der Waals surface area contributed by atoms with Crippen LogP contribution in [0.2, 0.25) is 0 Å². The van der Waals surface area contributed by atoms with Crippen LogP contribution >= 0.6 is 21.6 Å². The highest BCUT2D eigenvalue weighted by molar-refractivity contribution is 8.76. The summed E-state index contributed by atoms with van der Waals surface area (Å²) in [6.07, 6.45) is -0.452. The molecule has 0 aliphatic carbocycles. The SMILES string of the molecule is O=C(O)c1ccccc1[C@@H]1CSSC[C@H]1O. The zero-order valence-electron chi connectivity index (χ0n) is 8.50. The van der Waals surface area contributed by atoms with Crippen LogP contribution in [0.4, 0.5) is 0 Å². The van der Waals surface area contributed by atoms with E-state index in [1.807, 2.05) is 6.07 Å². The van der Waals surface area contributed by atoms with Gasteiger partial charge < -0.3 is 10.2 Å². The Balaban J connectivity index is 2.34. The van der Waals surface area contributed by atoms with Crippen LogP contribution in [0.5, 0.6) is 0 Å². The maximum atomic E-state index is 11.1. The second kappa shape index (κ2) is 5.12. The van der Waals surface area contributed by atoms with Gasteiger partial charge >= 0.3 is 5.97 Å². The number of carboxylic acids is 1. The molecule has 0 bridgehead atoms. The van der Waals surface area contributed by atoms with Gasteiger partial charge in [-0.05, 0) is 11.6 Å². The summed E-state index contributed by atoms with van der Waals surface area (Å²) in [4.78, 5) is 11.1. The van der Waals surface area contributed by atoms with Crippen molar-refractivity contribution in [3.05, 3.63) is 35.4 Å². The van der Waals surface area contributed by atoms with Crippen molar-refractivity contribution in [2.45, 2.75) is 12.0 Å². The van der Waals surface area contributed by atoms with E-state index in [-0.39, 0.29) is 5.92 Å². The third kappa shape index (κ3) is 2.36. The molecule has 0 amide bonds. The van der Waals surface area contributed by atoms with Gasteiger partial charge in [-0.1, -0.05) is 39.8 Å². The molecule has 1 aliphatic heterocycles. The van der Waals surface area contributed by atoms with Crippen molar-refractivity contribution >= 4 is 27.6 Å².